The Morgan fingerprint density at radius 1 is 1.26 bits per heavy atom. The molecule has 0 saturated carbocycles. The normalized spacial score (nSPS) is 10.5. The summed E-state index contributed by atoms with van der Waals surface area (Å²) < 4.78 is 1.86. The van der Waals surface area contributed by atoms with Crippen molar-refractivity contribution in [2.24, 2.45) is 0 Å². The van der Waals surface area contributed by atoms with Crippen molar-refractivity contribution in [3.05, 3.63) is 41.7 Å². The molecule has 0 bridgehead atoms. The monoisotopic (exact) mass is 257 g/mol. The SMILES string of the molecule is CCCC(=O)Nc1c(C)nn(-c2ccccc2)c1C. The van der Waals surface area contributed by atoms with E-state index in [1.807, 2.05) is 55.8 Å². The average Bonchev–Trinajstić information content (AvgIpc) is 2.68. The van der Waals surface area contributed by atoms with Gasteiger partial charge in [-0.25, -0.2) is 4.68 Å². The molecule has 1 aromatic carbocycles. The highest BCUT2D eigenvalue weighted by Crippen LogP contribution is 2.22. The molecule has 100 valence electrons. The van der Waals surface area contributed by atoms with Crippen LogP contribution in [-0.4, -0.2) is 15.7 Å². The molecule has 0 aliphatic heterocycles. The summed E-state index contributed by atoms with van der Waals surface area (Å²) in [5.41, 5.74) is 3.61. The van der Waals surface area contributed by atoms with E-state index in [2.05, 4.69) is 10.4 Å². The van der Waals surface area contributed by atoms with Gasteiger partial charge >= 0.3 is 0 Å². The summed E-state index contributed by atoms with van der Waals surface area (Å²) in [6, 6.07) is 9.91. The maximum absolute atomic E-state index is 11.7. The van der Waals surface area contributed by atoms with Crippen molar-refractivity contribution >= 4 is 11.6 Å². The second-order valence-electron chi connectivity index (χ2n) is 4.59. The maximum atomic E-state index is 11.7. The van der Waals surface area contributed by atoms with Gasteiger partial charge in [0.05, 0.1) is 22.8 Å². The summed E-state index contributed by atoms with van der Waals surface area (Å²) >= 11 is 0. The van der Waals surface area contributed by atoms with Crippen molar-refractivity contribution in [3.63, 3.8) is 0 Å². The number of anilines is 1. The summed E-state index contributed by atoms with van der Waals surface area (Å²) in [4.78, 5) is 11.7. The number of nitrogens with zero attached hydrogens (tertiary/aromatic N) is 2. The third kappa shape index (κ3) is 2.84. The molecular weight excluding hydrogens is 238 g/mol. The number of aromatic nitrogens is 2. The molecule has 0 aliphatic carbocycles. The van der Waals surface area contributed by atoms with Crippen LogP contribution in [0.2, 0.25) is 0 Å². The van der Waals surface area contributed by atoms with Crippen LogP contribution in [-0.2, 0) is 4.79 Å². The van der Waals surface area contributed by atoms with E-state index in [-0.39, 0.29) is 5.91 Å². The topological polar surface area (TPSA) is 46.9 Å². The van der Waals surface area contributed by atoms with Crippen molar-refractivity contribution < 1.29 is 4.79 Å². The van der Waals surface area contributed by atoms with Crippen molar-refractivity contribution in [2.75, 3.05) is 5.32 Å². The predicted molar refractivity (Wildman–Crippen MR) is 76.6 cm³/mol. The lowest BCUT2D eigenvalue weighted by atomic mass is 10.2. The number of carbonyl (C=O) groups is 1. The molecule has 1 aromatic heterocycles. The minimum absolute atomic E-state index is 0.0429. The Kier molecular flexibility index (Phi) is 4.00. The van der Waals surface area contributed by atoms with E-state index in [1.165, 1.54) is 0 Å². The van der Waals surface area contributed by atoms with Crippen molar-refractivity contribution in [1.29, 1.82) is 0 Å². The van der Waals surface area contributed by atoms with Gasteiger partial charge in [0.2, 0.25) is 5.91 Å². The zero-order valence-corrected chi connectivity index (χ0v) is 11.6. The third-order valence-electron chi connectivity index (χ3n) is 3.03. The molecule has 0 unspecified atom stereocenters. The molecule has 1 heterocycles. The van der Waals surface area contributed by atoms with Gasteiger partial charge in [0.1, 0.15) is 0 Å². The van der Waals surface area contributed by atoms with Crippen LogP contribution in [0.15, 0.2) is 30.3 Å². The molecular formula is C15H19N3O. The van der Waals surface area contributed by atoms with E-state index >= 15 is 0 Å². The first kappa shape index (κ1) is 13.3. The van der Waals surface area contributed by atoms with E-state index in [0.29, 0.717) is 6.42 Å². The first-order chi connectivity index (χ1) is 9.13. The van der Waals surface area contributed by atoms with Gasteiger partial charge < -0.3 is 5.32 Å². The lowest BCUT2D eigenvalue weighted by molar-refractivity contribution is -0.116. The van der Waals surface area contributed by atoms with Crippen LogP contribution in [0.5, 0.6) is 0 Å². The van der Waals surface area contributed by atoms with E-state index in [0.717, 1.165) is 29.2 Å². The molecule has 0 fully saturated rings. The van der Waals surface area contributed by atoms with Crippen LogP contribution in [0.1, 0.15) is 31.2 Å². The van der Waals surface area contributed by atoms with Crippen LogP contribution in [0.25, 0.3) is 5.69 Å². The van der Waals surface area contributed by atoms with Crippen LogP contribution in [0.4, 0.5) is 5.69 Å². The van der Waals surface area contributed by atoms with Crippen LogP contribution >= 0.6 is 0 Å². The van der Waals surface area contributed by atoms with Crippen molar-refractivity contribution in [2.45, 2.75) is 33.6 Å². The number of para-hydroxylation sites is 1. The number of carbonyl (C=O) groups excluding carboxylic acids is 1. The second-order valence-corrected chi connectivity index (χ2v) is 4.59. The summed E-state index contributed by atoms with van der Waals surface area (Å²) in [5.74, 6) is 0.0429. The molecule has 0 spiro atoms. The summed E-state index contributed by atoms with van der Waals surface area (Å²) in [7, 11) is 0. The number of nitrogens with one attached hydrogen (secondary N) is 1. The number of hydrogen-bond acceptors (Lipinski definition) is 2. The number of hydrogen-bond donors (Lipinski definition) is 1. The fourth-order valence-corrected chi connectivity index (χ4v) is 2.07. The van der Waals surface area contributed by atoms with Crippen LogP contribution in [0, 0.1) is 13.8 Å². The molecule has 1 amide bonds. The van der Waals surface area contributed by atoms with Gasteiger partial charge in [-0.2, -0.15) is 5.10 Å². The summed E-state index contributed by atoms with van der Waals surface area (Å²) in [6.07, 6.45) is 1.38. The number of amides is 1. The van der Waals surface area contributed by atoms with E-state index in [4.69, 9.17) is 0 Å². The Balaban J connectivity index is 2.33. The van der Waals surface area contributed by atoms with Gasteiger partial charge in [-0.05, 0) is 32.4 Å². The molecule has 1 N–H and O–H groups in total. The number of aryl methyl sites for hydroxylation is 1. The third-order valence-corrected chi connectivity index (χ3v) is 3.03. The Labute approximate surface area is 113 Å². The van der Waals surface area contributed by atoms with E-state index in [1.54, 1.807) is 0 Å². The lowest BCUT2D eigenvalue weighted by Crippen LogP contribution is -2.12. The average molecular weight is 257 g/mol. The van der Waals surface area contributed by atoms with Gasteiger partial charge in [0.25, 0.3) is 0 Å². The first-order valence-corrected chi connectivity index (χ1v) is 6.55. The zero-order chi connectivity index (χ0) is 13.8. The highest BCUT2D eigenvalue weighted by molar-refractivity contribution is 5.91. The molecule has 2 rings (SSSR count). The van der Waals surface area contributed by atoms with E-state index < -0.39 is 0 Å². The minimum atomic E-state index is 0.0429. The molecule has 0 radical (unpaired) electrons. The Morgan fingerprint density at radius 3 is 2.58 bits per heavy atom. The van der Waals surface area contributed by atoms with Gasteiger partial charge in [-0.3, -0.25) is 4.79 Å². The van der Waals surface area contributed by atoms with Crippen LogP contribution < -0.4 is 5.32 Å². The largest absolute Gasteiger partial charge is 0.323 e. The lowest BCUT2D eigenvalue weighted by Gasteiger charge is -2.06. The smallest absolute Gasteiger partial charge is 0.224 e. The first-order valence-electron chi connectivity index (χ1n) is 6.55. The molecule has 4 heteroatoms. The molecule has 4 nitrogen and oxygen atoms in total. The number of benzene rings is 1. The van der Waals surface area contributed by atoms with Gasteiger partial charge in [0, 0.05) is 6.42 Å². The van der Waals surface area contributed by atoms with Gasteiger partial charge in [-0.1, -0.05) is 25.1 Å². The standard InChI is InChI=1S/C15H19N3O/c1-4-8-14(19)16-15-11(2)17-18(12(15)3)13-9-6-5-7-10-13/h5-7,9-10H,4,8H2,1-3H3,(H,16,19). The predicted octanol–water partition coefficient (Wildman–Crippen LogP) is 3.23. The molecule has 0 atom stereocenters. The van der Waals surface area contributed by atoms with Gasteiger partial charge in [0.15, 0.2) is 0 Å². The van der Waals surface area contributed by atoms with Crippen LogP contribution in [0.3, 0.4) is 0 Å². The second kappa shape index (κ2) is 5.69. The Morgan fingerprint density at radius 2 is 1.95 bits per heavy atom. The summed E-state index contributed by atoms with van der Waals surface area (Å²) in [5, 5.41) is 7.44. The molecule has 2 aromatic rings. The fraction of sp³-hybridized carbons (Fsp3) is 0.333. The highest BCUT2D eigenvalue weighted by Gasteiger charge is 2.14. The van der Waals surface area contributed by atoms with E-state index in [9.17, 15) is 4.79 Å². The summed E-state index contributed by atoms with van der Waals surface area (Å²) in [6.45, 7) is 5.87. The Hall–Kier alpha value is -2.10. The zero-order valence-electron chi connectivity index (χ0n) is 11.6. The van der Waals surface area contributed by atoms with Crippen molar-refractivity contribution in [3.8, 4) is 5.69 Å². The number of rotatable bonds is 4. The maximum Gasteiger partial charge on any atom is 0.224 e. The molecule has 19 heavy (non-hydrogen) atoms. The van der Waals surface area contributed by atoms with Gasteiger partial charge in [-0.15, -0.1) is 0 Å². The molecule has 0 aliphatic rings. The Bertz CT molecular complexity index is 573. The minimum Gasteiger partial charge on any atom is -0.323 e. The molecule has 0 saturated heterocycles. The van der Waals surface area contributed by atoms with Crippen molar-refractivity contribution in [1.82, 2.24) is 9.78 Å². The highest BCUT2D eigenvalue weighted by atomic mass is 16.1. The quantitative estimate of drug-likeness (QED) is 0.914. The fourth-order valence-electron chi connectivity index (χ4n) is 2.07.